The summed E-state index contributed by atoms with van der Waals surface area (Å²) in [6.07, 6.45) is 1.02. The van der Waals surface area contributed by atoms with Crippen LogP contribution in [0.4, 0.5) is 0 Å². The minimum atomic E-state index is -0.762. The molecule has 0 amide bonds. The van der Waals surface area contributed by atoms with E-state index in [9.17, 15) is 14.7 Å². The number of esters is 1. The van der Waals surface area contributed by atoms with Crippen LogP contribution < -0.4 is 4.74 Å². The van der Waals surface area contributed by atoms with Gasteiger partial charge >= 0.3 is 5.97 Å². The Morgan fingerprint density at radius 3 is 2.66 bits per heavy atom. The number of allylic oxidation sites excluding steroid dienone is 2. The molecule has 2 aliphatic rings. The third kappa shape index (κ3) is 4.91. The van der Waals surface area contributed by atoms with Gasteiger partial charge in [-0.3, -0.25) is 14.6 Å². The van der Waals surface area contributed by atoms with Crippen molar-refractivity contribution in [2.24, 2.45) is 16.3 Å². The Hall–Kier alpha value is -2.19. The number of carbonyl (C=O) groups excluding carboxylic acids is 2. The first-order chi connectivity index (χ1) is 15.1. The van der Waals surface area contributed by atoms with Crippen molar-refractivity contribution in [3.8, 4) is 11.5 Å². The zero-order chi connectivity index (χ0) is 23.6. The van der Waals surface area contributed by atoms with Crippen LogP contribution in [-0.2, 0) is 19.1 Å². The summed E-state index contributed by atoms with van der Waals surface area (Å²) in [5.74, 6) is -1.61. The maximum absolute atomic E-state index is 13.3. The normalized spacial score (nSPS) is 22.3. The van der Waals surface area contributed by atoms with E-state index < -0.39 is 17.8 Å². The van der Waals surface area contributed by atoms with Crippen LogP contribution in [-0.4, -0.2) is 49.5 Å². The van der Waals surface area contributed by atoms with Gasteiger partial charge in [0.1, 0.15) is 12.5 Å². The van der Waals surface area contributed by atoms with Crippen molar-refractivity contribution in [3.63, 3.8) is 0 Å². The van der Waals surface area contributed by atoms with E-state index in [2.05, 4.69) is 15.9 Å². The van der Waals surface area contributed by atoms with Gasteiger partial charge in [-0.1, -0.05) is 13.8 Å². The zero-order valence-corrected chi connectivity index (χ0v) is 20.7. The molecule has 1 aliphatic carbocycles. The average Bonchev–Trinajstić information content (AvgIpc) is 2.71. The number of methoxy groups -OCH3 is 1. The molecule has 0 radical (unpaired) electrons. The number of phenols is 1. The quantitative estimate of drug-likeness (QED) is 0.429. The van der Waals surface area contributed by atoms with E-state index in [1.165, 1.54) is 7.11 Å². The lowest BCUT2D eigenvalue weighted by atomic mass is 9.67. The molecule has 1 unspecified atom stereocenters. The maximum atomic E-state index is 13.3. The van der Waals surface area contributed by atoms with Gasteiger partial charge in [-0.15, -0.1) is 0 Å². The lowest BCUT2D eigenvalue weighted by molar-refractivity contribution is -0.148. The topological polar surface area (TPSA) is 94.4 Å². The SMILES string of the molecule is CCOCCOC(=O)C1C(C)=NC2=C(C(=O)CC(C)(C)C2)[C@@H]1c1cc(Br)c(O)c(OC)c1. The second-order valence-corrected chi connectivity index (χ2v) is 9.78. The molecule has 0 saturated carbocycles. The summed E-state index contributed by atoms with van der Waals surface area (Å²) in [6, 6.07) is 3.39. The third-order valence-corrected chi connectivity index (χ3v) is 6.47. The lowest BCUT2D eigenvalue weighted by Gasteiger charge is -2.39. The first-order valence-electron chi connectivity index (χ1n) is 10.7. The van der Waals surface area contributed by atoms with E-state index in [1.807, 2.05) is 20.8 Å². The van der Waals surface area contributed by atoms with E-state index in [0.29, 0.717) is 47.4 Å². The van der Waals surface area contributed by atoms with Crippen LogP contribution >= 0.6 is 15.9 Å². The molecule has 0 saturated heterocycles. The Balaban J connectivity index is 2.11. The summed E-state index contributed by atoms with van der Waals surface area (Å²) in [5.41, 5.74) is 2.33. The van der Waals surface area contributed by atoms with Gasteiger partial charge in [-0.25, -0.2) is 0 Å². The molecule has 1 aromatic rings. The molecule has 0 fully saturated rings. The second-order valence-electron chi connectivity index (χ2n) is 8.93. The molecule has 32 heavy (non-hydrogen) atoms. The molecule has 7 nitrogen and oxygen atoms in total. The summed E-state index contributed by atoms with van der Waals surface area (Å²) in [7, 11) is 1.46. The van der Waals surface area contributed by atoms with Crippen molar-refractivity contribution in [2.45, 2.75) is 46.5 Å². The highest BCUT2D eigenvalue weighted by Gasteiger charge is 2.46. The van der Waals surface area contributed by atoms with Gasteiger partial charge in [0.15, 0.2) is 17.3 Å². The molecular weight excluding hydrogens is 478 g/mol. The molecule has 2 atom stereocenters. The fraction of sp³-hybridized carbons (Fsp3) is 0.542. The Kier molecular flexibility index (Phi) is 7.45. The largest absolute Gasteiger partial charge is 0.503 e. The first kappa shape index (κ1) is 24.5. The monoisotopic (exact) mass is 507 g/mol. The van der Waals surface area contributed by atoms with E-state index in [4.69, 9.17) is 19.2 Å². The summed E-state index contributed by atoms with van der Waals surface area (Å²) in [4.78, 5) is 31.2. The van der Waals surface area contributed by atoms with Crippen LogP contribution in [0.1, 0.15) is 52.0 Å². The van der Waals surface area contributed by atoms with E-state index in [-0.39, 0.29) is 29.3 Å². The lowest BCUT2D eigenvalue weighted by Crippen LogP contribution is -2.39. The number of ketones is 1. The predicted molar refractivity (Wildman–Crippen MR) is 124 cm³/mol. The molecular formula is C24H30BrNO6. The number of rotatable bonds is 7. The number of phenolic OH excluding ortho intramolecular Hbond substituents is 1. The minimum Gasteiger partial charge on any atom is -0.503 e. The van der Waals surface area contributed by atoms with Gasteiger partial charge in [-0.05, 0) is 59.3 Å². The van der Waals surface area contributed by atoms with E-state index >= 15 is 0 Å². The van der Waals surface area contributed by atoms with Crippen LogP contribution in [0, 0.1) is 11.3 Å². The molecule has 8 heteroatoms. The standard InChI is InChI=1S/C24H30BrNO6/c1-6-31-7-8-32-23(29)19-13(2)26-16-11-24(3,4)12-17(27)21(16)20(19)14-9-15(25)22(28)18(10-14)30-5/h9-10,19-20,28H,6-8,11-12H2,1-5H3/t19?,20-/m1/s1. The van der Waals surface area contributed by atoms with Gasteiger partial charge in [0, 0.05) is 35.9 Å². The number of Topliss-reactive ketones (excluding diaryl/α,β-unsaturated/α-hetero) is 1. The molecule has 0 spiro atoms. The van der Waals surface area contributed by atoms with Crippen molar-refractivity contribution in [1.29, 1.82) is 0 Å². The number of ether oxygens (including phenoxy) is 3. The van der Waals surface area contributed by atoms with Crippen LogP contribution in [0.2, 0.25) is 0 Å². The summed E-state index contributed by atoms with van der Waals surface area (Å²) >= 11 is 3.36. The number of benzene rings is 1. The Bertz CT molecular complexity index is 981. The Morgan fingerprint density at radius 2 is 2.00 bits per heavy atom. The Morgan fingerprint density at radius 1 is 1.28 bits per heavy atom. The summed E-state index contributed by atoms with van der Waals surface area (Å²) in [6.45, 7) is 8.71. The van der Waals surface area contributed by atoms with Crippen LogP contribution in [0.15, 0.2) is 32.9 Å². The van der Waals surface area contributed by atoms with Crippen molar-refractivity contribution >= 4 is 33.4 Å². The highest BCUT2D eigenvalue weighted by Crippen LogP contribution is 2.49. The number of carbonyl (C=O) groups is 2. The van der Waals surface area contributed by atoms with E-state index in [1.54, 1.807) is 19.1 Å². The van der Waals surface area contributed by atoms with Crippen LogP contribution in [0.25, 0.3) is 0 Å². The smallest absolute Gasteiger partial charge is 0.315 e. The number of nitrogens with zero attached hydrogens (tertiary/aromatic N) is 1. The number of hydrogen-bond acceptors (Lipinski definition) is 7. The fourth-order valence-electron chi connectivity index (χ4n) is 4.47. The predicted octanol–water partition coefficient (Wildman–Crippen LogP) is 4.56. The fourth-order valence-corrected chi connectivity index (χ4v) is 4.93. The number of halogens is 1. The molecule has 1 aliphatic heterocycles. The van der Waals surface area contributed by atoms with Gasteiger partial charge in [0.2, 0.25) is 0 Å². The minimum absolute atomic E-state index is 0.0206. The van der Waals surface area contributed by atoms with Crippen molar-refractivity contribution in [2.75, 3.05) is 26.9 Å². The first-order valence-corrected chi connectivity index (χ1v) is 11.5. The Labute approximate surface area is 197 Å². The molecule has 174 valence electrons. The molecule has 3 rings (SSSR count). The number of aliphatic imine (C=N–C) groups is 1. The average molecular weight is 508 g/mol. The van der Waals surface area contributed by atoms with Gasteiger partial charge in [0.05, 0.1) is 18.2 Å². The maximum Gasteiger partial charge on any atom is 0.315 e. The zero-order valence-electron chi connectivity index (χ0n) is 19.2. The molecule has 1 N–H and O–H groups in total. The molecule has 0 bridgehead atoms. The summed E-state index contributed by atoms with van der Waals surface area (Å²) in [5, 5.41) is 10.3. The van der Waals surface area contributed by atoms with Crippen LogP contribution in [0.5, 0.6) is 11.5 Å². The van der Waals surface area contributed by atoms with Crippen molar-refractivity contribution < 1.29 is 28.9 Å². The van der Waals surface area contributed by atoms with Gasteiger partial charge in [0.25, 0.3) is 0 Å². The van der Waals surface area contributed by atoms with Crippen molar-refractivity contribution in [3.05, 3.63) is 33.4 Å². The summed E-state index contributed by atoms with van der Waals surface area (Å²) < 4.78 is 16.5. The molecule has 0 aromatic heterocycles. The number of hydrogen-bond donors (Lipinski definition) is 1. The number of aromatic hydroxyl groups is 1. The molecule has 1 heterocycles. The van der Waals surface area contributed by atoms with Crippen LogP contribution in [0.3, 0.4) is 0 Å². The second kappa shape index (κ2) is 9.75. The highest BCUT2D eigenvalue weighted by molar-refractivity contribution is 9.10. The van der Waals surface area contributed by atoms with Gasteiger partial charge < -0.3 is 19.3 Å². The van der Waals surface area contributed by atoms with Gasteiger partial charge in [-0.2, -0.15) is 0 Å². The van der Waals surface area contributed by atoms with E-state index in [0.717, 1.165) is 5.70 Å². The van der Waals surface area contributed by atoms with Crippen molar-refractivity contribution in [1.82, 2.24) is 0 Å². The highest BCUT2D eigenvalue weighted by atomic mass is 79.9. The molecule has 1 aromatic carbocycles. The third-order valence-electron chi connectivity index (χ3n) is 5.86.